The maximum Gasteiger partial charge on any atom is 0.235 e. The molecule has 1 rings (SSSR count). The molecule has 1 saturated carbocycles. The highest BCUT2D eigenvalue weighted by Gasteiger charge is 2.26. The average Bonchev–Trinajstić information content (AvgIpc) is 2.93. The number of carbonyl (C=O) groups excluding carboxylic acids is 1. The first-order valence-electron chi connectivity index (χ1n) is 4.86. The quantitative estimate of drug-likeness (QED) is 0.562. The Balaban J connectivity index is 2.10. The van der Waals surface area contributed by atoms with Crippen molar-refractivity contribution >= 4 is 17.7 Å². The van der Waals surface area contributed by atoms with Gasteiger partial charge in [0.1, 0.15) is 0 Å². The normalized spacial score (nSPS) is 18.1. The largest absolute Gasteiger partial charge is 0.384 e. The van der Waals surface area contributed by atoms with E-state index in [1.54, 1.807) is 18.9 Å². The highest BCUT2D eigenvalue weighted by molar-refractivity contribution is 7.99. The average molecular weight is 218 g/mol. The Labute approximate surface area is 88.9 Å². The van der Waals surface area contributed by atoms with Crippen LogP contribution in [0.4, 0.5) is 0 Å². The van der Waals surface area contributed by atoms with Crippen molar-refractivity contribution < 1.29 is 9.53 Å². The Bertz CT molecular complexity index is 186. The van der Waals surface area contributed by atoms with Crippen LogP contribution >= 0.6 is 11.8 Å². The van der Waals surface area contributed by atoms with Gasteiger partial charge in [0.2, 0.25) is 5.91 Å². The van der Waals surface area contributed by atoms with Crippen LogP contribution in [0.1, 0.15) is 12.8 Å². The van der Waals surface area contributed by atoms with Crippen LogP contribution in [-0.4, -0.2) is 43.2 Å². The third kappa shape index (κ3) is 4.83. The van der Waals surface area contributed by atoms with Gasteiger partial charge in [0.05, 0.1) is 12.6 Å². The lowest BCUT2D eigenvalue weighted by atomic mass is 10.3. The molecule has 0 saturated heterocycles. The lowest BCUT2D eigenvalue weighted by molar-refractivity contribution is -0.119. The molecule has 0 heterocycles. The molecule has 5 heteroatoms. The molecular formula is C9H18N2O2S. The molecule has 1 fully saturated rings. The highest BCUT2D eigenvalue weighted by Crippen LogP contribution is 2.20. The molecule has 14 heavy (non-hydrogen) atoms. The number of rotatable bonds is 8. The van der Waals surface area contributed by atoms with E-state index in [9.17, 15) is 4.79 Å². The first-order chi connectivity index (χ1) is 6.74. The zero-order chi connectivity index (χ0) is 10.4. The van der Waals surface area contributed by atoms with E-state index in [0.29, 0.717) is 6.04 Å². The topological polar surface area (TPSA) is 64.3 Å². The summed E-state index contributed by atoms with van der Waals surface area (Å²) in [6, 6.07) is 0.347. The zero-order valence-corrected chi connectivity index (χ0v) is 9.31. The minimum Gasteiger partial charge on any atom is -0.384 e. The Hall–Kier alpha value is -0.260. The van der Waals surface area contributed by atoms with Gasteiger partial charge in [0.25, 0.3) is 0 Å². The predicted molar refractivity (Wildman–Crippen MR) is 58.3 cm³/mol. The van der Waals surface area contributed by atoms with Crippen molar-refractivity contribution in [1.29, 1.82) is 0 Å². The Morgan fingerprint density at radius 2 is 2.43 bits per heavy atom. The van der Waals surface area contributed by atoms with E-state index in [1.807, 2.05) is 0 Å². The molecule has 0 aromatic rings. The fourth-order valence-corrected chi connectivity index (χ4v) is 2.04. The molecule has 0 bridgehead atoms. The van der Waals surface area contributed by atoms with Crippen molar-refractivity contribution in [2.45, 2.75) is 24.9 Å². The second kappa shape index (κ2) is 6.27. The summed E-state index contributed by atoms with van der Waals surface area (Å²) in [5, 5.41) is 3.23. The fraction of sp³-hybridized carbons (Fsp3) is 0.889. The lowest BCUT2D eigenvalue weighted by Crippen LogP contribution is -2.44. The van der Waals surface area contributed by atoms with Gasteiger partial charge < -0.3 is 15.8 Å². The van der Waals surface area contributed by atoms with Crippen LogP contribution in [0.5, 0.6) is 0 Å². The molecule has 82 valence electrons. The van der Waals surface area contributed by atoms with Crippen molar-refractivity contribution in [1.82, 2.24) is 5.32 Å². The van der Waals surface area contributed by atoms with E-state index in [-0.39, 0.29) is 11.9 Å². The van der Waals surface area contributed by atoms with Crippen LogP contribution in [0.25, 0.3) is 0 Å². The molecule has 1 aliphatic carbocycles. The second-order valence-corrected chi connectivity index (χ2v) is 4.61. The summed E-state index contributed by atoms with van der Waals surface area (Å²) in [7, 11) is 1.68. The van der Waals surface area contributed by atoms with Crippen LogP contribution in [0.3, 0.4) is 0 Å². The number of primary amides is 1. The van der Waals surface area contributed by atoms with E-state index in [1.165, 1.54) is 12.8 Å². The van der Waals surface area contributed by atoms with E-state index in [0.717, 1.165) is 18.1 Å². The summed E-state index contributed by atoms with van der Waals surface area (Å²) >= 11 is 1.70. The van der Waals surface area contributed by atoms with E-state index in [4.69, 9.17) is 10.5 Å². The number of carbonyl (C=O) groups is 1. The number of hydrogen-bond donors (Lipinski definition) is 2. The smallest absolute Gasteiger partial charge is 0.235 e. The number of thioether (sulfide) groups is 1. The van der Waals surface area contributed by atoms with Crippen molar-refractivity contribution in [2.75, 3.05) is 25.2 Å². The van der Waals surface area contributed by atoms with Crippen molar-refractivity contribution in [3.63, 3.8) is 0 Å². The number of hydrogen-bond acceptors (Lipinski definition) is 4. The molecular weight excluding hydrogens is 200 g/mol. The van der Waals surface area contributed by atoms with Gasteiger partial charge in [-0.3, -0.25) is 4.79 Å². The molecule has 1 amide bonds. The fourth-order valence-electron chi connectivity index (χ4n) is 1.09. The standard InChI is InChI=1S/C9H18N2O2S/c1-13-4-5-14-6-8(9(10)12)11-7-2-3-7/h7-8,11H,2-6H2,1H3,(H2,10,12). The molecule has 0 spiro atoms. The minimum atomic E-state index is -0.248. The summed E-state index contributed by atoms with van der Waals surface area (Å²) < 4.78 is 4.92. The van der Waals surface area contributed by atoms with Crippen LogP contribution < -0.4 is 11.1 Å². The van der Waals surface area contributed by atoms with E-state index < -0.39 is 0 Å². The van der Waals surface area contributed by atoms with Gasteiger partial charge in [-0.2, -0.15) is 11.8 Å². The number of nitrogens with two attached hydrogens (primary N) is 1. The molecule has 0 aliphatic heterocycles. The summed E-state index contributed by atoms with van der Waals surface area (Å²) in [5.74, 6) is 1.41. The van der Waals surface area contributed by atoms with Crippen molar-refractivity contribution in [3.8, 4) is 0 Å². The van der Waals surface area contributed by atoms with Gasteiger partial charge in [-0.1, -0.05) is 0 Å². The zero-order valence-electron chi connectivity index (χ0n) is 8.49. The minimum absolute atomic E-state index is 0.177. The Kier molecular flexibility index (Phi) is 5.29. The number of amides is 1. The second-order valence-electron chi connectivity index (χ2n) is 3.46. The van der Waals surface area contributed by atoms with Crippen molar-refractivity contribution in [3.05, 3.63) is 0 Å². The molecule has 0 aromatic heterocycles. The van der Waals surface area contributed by atoms with Gasteiger partial charge in [-0.25, -0.2) is 0 Å². The van der Waals surface area contributed by atoms with Crippen LogP contribution in [0, 0.1) is 0 Å². The van der Waals surface area contributed by atoms with Crippen LogP contribution in [0.2, 0.25) is 0 Å². The molecule has 0 radical (unpaired) electrons. The molecule has 1 unspecified atom stereocenters. The van der Waals surface area contributed by atoms with Gasteiger partial charge in [-0.15, -0.1) is 0 Å². The maximum absolute atomic E-state index is 11.0. The molecule has 4 nitrogen and oxygen atoms in total. The summed E-state index contributed by atoms with van der Waals surface area (Å²) in [6.07, 6.45) is 2.35. The summed E-state index contributed by atoms with van der Waals surface area (Å²) in [5.41, 5.74) is 5.28. The third-order valence-electron chi connectivity index (χ3n) is 2.07. The number of nitrogens with one attached hydrogen (secondary N) is 1. The van der Waals surface area contributed by atoms with Crippen molar-refractivity contribution in [2.24, 2.45) is 5.73 Å². The lowest BCUT2D eigenvalue weighted by Gasteiger charge is -2.14. The van der Waals surface area contributed by atoms with E-state index >= 15 is 0 Å². The van der Waals surface area contributed by atoms with E-state index in [2.05, 4.69) is 5.32 Å². The Morgan fingerprint density at radius 3 is 2.93 bits per heavy atom. The van der Waals surface area contributed by atoms with Crippen LogP contribution in [-0.2, 0) is 9.53 Å². The molecule has 3 N–H and O–H groups in total. The maximum atomic E-state index is 11.0. The van der Waals surface area contributed by atoms with Gasteiger partial charge >= 0.3 is 0 Å². The molecule has 1 aliphatic rings. The first kappa shape index (κ1) is 11.8. The SMILES string of the molecule is COCCSCC(NC1CC1)C(N)=O. The summed E-state index contributed by atoms with van der Waals surface area (Å²) in [6.45, 7) is 0.722. The Morgan fingerprint density at radius 1 is 1.71 bits per heavy atom. The number of methoxy groups -OCH3 is 1. The molecule has 0 aromatic carbocycles. The van der Waals surface area contributed by atoms with Gasteiger partial charge in [-0.05, 0) is 12.8 Å². The number of ether oxygens (including phenoxy) is 1. The molecule has 1 atom stereocenters. The monoisotopic (exact) mass is 218 g/mol. The first-order valence-corrected chi connectivity index (χ1v) is 6.01. The third-order valence-corrected chi connectivity index (χ3v) is 3.10. The van der Waals surface area contributed by atoms with Crippen LogP contribution in [0.15, 0.2) is 0 Å². The predicted octanol–water partition coefficient (Wildman–Crippen LogP) is -0.0281. The van der Waals surface area contributed by atoms with Gasteiger partial charge in [0.15, 0.2) is 0 Å². The highest BCUT2D eigenvalue weighted by atomic mass is 32.2. The van der Waals surface area contributed by atoms with Gasteiger partial charge in [0, 0.05) is 24.7 Å². The summed E-state index contributed by atoms with van der Waals surface area (Å²) in [4.78, 5) is 11.0.